The van der Waals surface area contributed by atoms with Crippen LogP contribution in [0.5, 0.6) is 5.75 Å². The van der Waals surface area contributed by atoms with Gasteiger partial charge in [0.1, 0.15) is 0 Å². The van der Waals surface area contributed by atoms with E-state index in [9.17, 15) is 14.0 Å². The van der Waals surface area contributed by atoms with Gasteiger partial charge in [0.05, 0.1) is 7.11 Å². The molecule has 1 aromatic rings. The molecule has 2 amide bonds. The number of methoxy groups -OCH3 is 1. The first kappa shape index (κ1) is 20.7. The number of fused-ring (bicyclic) bond motifs is 4. The molecule has 0 radical (unpaired) electrons. The molecule has 3 atom stereocenters. The van der Waals surface area contributed by atoms with E-state index in [1.807, 2.05) is 4.90 Å². The van der Waals surface area contributed by atoms with Gasteiger partial charge in [-0.15, -0.1) is 0 Å². The lowest BCUT2D eigenvalue weighted by Gasteiger charge is -2.54. The fourth-order valence-electron chi connectivity index (χ4n) is 6.36. The van der Waals surface area contributed by atoms with Crippen LogP contribution in [-0.2, 0) is 4.79 Å². The number of ether oxygens (including phenoxy) is 1. The van der Waals surface area contributed by atoms with Crippen LogP contribution in [0.3, 0.4) is 0 Å². The van der Waals surface area contributed by atoms with E-state index in [1.54, 1.807) is 6.07 Å². The molecule has 4 aliphatic rings. The van der Waals surface area contributed by atoms with Crippen LogP contribution >= 0.6 is 0 Å². The zero-order chi connectivity index (χ0) is 21.5. The van der Waals surface area contributed by atoms with E-state index in [1.165, 1.54) is 25.7 Å². The molecule has 0 spiro atoms. The van der Waals surface area contributed by atoms with Gasteiger partial charge in [0.2, 0.25) is 5.91 Å². The maximum absolute atomic E-state index is 14.0. The second-order valence-electron chi connectivity index (χ2n) is 9.69. The highest BCUT2D eigenvalue weighted by atomic mass is 19.1. The Bertz CT molecular complexity index is 854. The molecule has 4 heterocycles. The van der Waals surface area contributed by atoms with Crippen molar-refractivity contribution in [1.29, 1.82) is 0 Å². The summed E-state index contributed by atoms with van der Waals surface area (Å²) in [5.74, 6) is 1.09. The predicted molar refractivity (Wildman–Crippen MR) is 114 cm³/mol. The molecule has 4 saturated heterocycles. The normalized spacial score (nSPS) is 29.6. The number of likely N-dealkylation sites (tertiary alicyclic amines) is 2. The van der Waals surface area contributed by atoms with Gasteiger partial charge in [-0.25, -0.2) is 4.39 Å². The molecular formula is C24H32FN3O3. The highest BCUT2D eigenvalue weighted by Gasteiger charge is 2.45. The van der Waals surface area contributed by atoms with E-state index in [0.29, 0.717) is 48.5 Å². The molecule has 1 aromatic carbocycles. The summed E-state index contributed by atoms with van der Waals surface area (Å²) in [4.78, 5) is 31.9. The highest BCUT2D eigenvalue weighted by Crippen LogP contribution is 2.39. The standard InChI is InChI=1S/C24H32FN3O3/c1-31-22-6-5-17(12-20(22)25)24(30)26-9-7-19(8-10-26)27-13-16-11-18(15-27)21-3-2-4-23(29)28(21)14-16/h5-6,12,16,18-19,21H,2-4,7-11,13-15H2,1H3/t16-,18-,21-/m1/s1. The lowest BCUT2D eigenvalue weighted by molar-refractivity contribution is -0.145. The predicted octanol–water partition coefficient (Wildman–Crippen LogP) is 2.77. The molecule has 0 aromatic heterocycles. The molecule has 5 rings (SSSR count). The first-order chi connectivity index (χ1) is 15.0. The van der Waals surface area contributed by atoms with Gasteiger partial charge in [0.15, 0.2) is 11.6 Å². The molecule has 0 N–H and O–H groups in total. The van der Waals surface area contributed by atoms with Gasteiger partial charge < -0.3 is 14.5 Å². The third-order valence-electron chi connectivity index (χ3n) is 7.87. The number of amides is 2. The van der Waals surface area contributed by atoms with E-state index in [2.05, 4.69) is 9.80 Å². The number of benzene rings is 1. The molecule has 0 unspecified atom stereocenters. The lowest BCUT2D eigenvalue weighted by Crippen LogP contribution is -2.62. The number of nitrogens with zero attached hydrogens (tertiary/aromatic N) is 3. The fraction of sp³-hybridized carbons (Fsp3) is 0.667. The number of hydrogen-bond acceptors (Lipinski definition) is 4. The van der Waals surface area contributed by atoms with E-state index >= 15 is 0 Å². The van der Waals surface area contributed by atoms with Crippen LogP contribution < -0.4 is 4.74 Å². The largest absolute Gasteiger partial charge is 0.494 e. The molecule has 7 heteroatoms. The van der Waals surface area contributed by atoms with Gasteiger partial charge in [-0.1, -0.05) is 0 Å². The van der Waals surface area contributed by atoms with Crippen molar-refractivity contribution in [2.75, 3.05) is 39.8 Å². The van der Waals surface area contributed by atoms with E-state index in [0.717, 1.165) is 51.7 Å². The summed E-state index contributed by atoms with van der Waals surface area (Å²) in [6.45, 7) is 4.48. The van der Waals surface area contributed by atoms with Crippen LogP contribution in [0, 0.1) is 17.7 Å². The number of carbonyl (C=O) groups is 2. The molecule has 6 nitrogen and oxygen atoms in total. The van der Waals surface area contributed by atoms with Crippen LogP contribution in [-0.4, -0.2) is 78.4 Å². The summed E-state index contributed by atoms with van der Waals surface area (Å²) in [5.41, 5.74) is 0.381. The smallest absolute Gasteiger partial charge is 0.253 e. The Hall–Kier alpha value is -2.15. The molecule has 31 heavy (non-hydrogen) atoms. The maximum Gasteiger partial charge on any atom is 0.253 e. The third kappa shape index (κ3) is 3.93. The Labute approximate surface area is 183 Å². The average Bonchev–Trinajstić information content (AvgIpc) is 2.79. The zero-order valence-electron chi connectivity index (χ0n) is 18.3. The minimum atomic E-state index is -0.502. The van der Waals surface area contributed by atoms with Gasteiger partial charge in [-0.05, 0) is 62.1 Å². The number of piperidine rings is 4. The van der Waals surface area contributed by atoms with Crippen molar-refractivity contribution < 1.29 is 18.7 Å². The summed E-state index contributed by atoms with van der Waals surface area (Å²) in [7, 11) is 1.42. The Balaban J connectivity index is 1.19. The number of hydrogen-bond donors (Lipinski definition) is 0. The maximum atomic E-state index is 14.0. The van der Waals surface area contributed by atoms with Crippen molar-refractivity contribution >= 4 is 11.8 Å². The number of rotatable bonds is 3. The van der Waals surface area contributed by atoms with Crippen LogP contribution in [0.1, 0.15) is 48.9 Å². The van der Waals surface area contributed by atoms with E-state index < -0.39 is 5.82 Å². The van der Waals surface area contributed by atoms with E-state index in [-0.39, 0.29) is 11.7 Å². The molecular weight excluding hydrogens is 397 g/mol. The Kier molecular flexibility index (Phi) is 5.63. The average molecular weight is 430 g/mol. The summed E-state index contributed by atoms with van der Waals surface area (Å²) < 4.78 is 19.0. The minimum absolute atomic E-state index is 0.105. The van der Waals surface area contributed by atoms with Gasteiger partial charge in [-0.3, -0.25) is 14.5 Å². The first-order valence-corrected chi connectivity index (χ1v) is 11.7. The fourth-order valence-corrected chi connectivity index (χ4v) is 6.36. The lowest BCUT2D eigenvalue weighted by atomic mass is 9.75. The Morgan fingerprint density at radius 1 is 1.13 bits per heavy atom. The van der Waals surface area contributed by atoms with Crippen LogP contribution in [0.4, 0.5) is 4.39 Å². The summed E-state index contributed by atoms with van der Waals surface area (Å²) >= 11 is 0. The van der Waals surface area contributed by atoms with Crippen LogP contribution in [0.2, 0.25) is 0 Å². The minimum Gasteiger partial charge on any atom is -0.494 e. The van der Waals surface area contributed by atoms with Gasteiger partial charge >= 0.3 is 0 Å². The van der Waals surface area contributed by atoms with Crippen LogP contribution in [0.25, 0.3) is 0 Å². The SMILES string of the molecule is COc1ccc(C(=O)N2CCC(N3C[C@H]4C[C@H](C3)[C@H]3CCCC(=O)N3C4)CC2)cc1F. The highest BCUT2D eigenvalue weighted by molar-refractivity contribution is 5.94. The van der Waals surface area contributed by atoms with E-state index in [4.69, 9.17) is 4.74 Å². The van der Waals surface area contributed by atoms with Gasteiger partial charge in [0.25, 0.3) is 5.91 Å². The Morgan fingerprint density at radius 2 is 1.94 bits per heavy atom. The van der Waals surface area contributed by atoms with Crippen molar-refractivity contribution in [3.05, 3.63) is 29.6 Å². The summed E-state index contributed by atoms with van der Waals surface area (Å²) in [5, 5.41) is 0. The number of halogens is 1. The number of carbonyl (C=O) groups excluding carboxylic acids is 2. The zero-order valence-corrected chi connectivity index (χ0v) is 18.3. The first-order valence-electron chi connectivity index (χ1n) is 11.7. The van der Waals surface area contributed by atoms with Gasteiger partial charge in [0, 0.05) is 56.8 Å². The molecule has 0 aliphatic carbocycles. The second-order valence-corrected chi connectivity index (χ2v) is 9.69. The molecule has 4 fully saturated rings. The molecule has 2 bridgehead atoms. The van der Waals surface area contributed by atoms with Crippen molar-refractivity contribution in [2.24, 2.45) is 11.8 Å². The van der Waals surface area contributed by atoms with Crippen molar-refractivity contribution in [3.8, 4) is 5.75 Å². The monoisotopic (exact) mass is 429 g/mol. The summed E-state index contributed by atoms with van der Waals surface area (Å²) in [6.07, 6.45) is 6.08. The van der Waals surface area contributed by atoms with Crippen molar-refractivity contribution in [3.63, 3.8) is 0 Å². The third-order valence-corrected chi connectivity index (χ3v) is 7.87. The van der Waals surface area contributed by atoms with Crippen molar-refractivity contribution in [2.45, 2.75) is 50.6 Å². The summed E-state index contributed by atoms with van der Waals surface area (Å²) in [6, 6.07) is 5.36. The van der Waals surface area contributed by atoms with Crippen LogP contribution in [0.15, 0.2) is 18.2 Å². The molecule has 4 aliphatic heterocycles. The Morgan fingerprint density at radius 3 is 2.68 bits per heavy atom. The molecule has 168 valence electrons. The second kappa shape index (κ2) is 8.41. The topological polar surface area (TPSA) is 53.1 Å². The van der Waals surface area contributed by atoms with Crippen molar-refractivity contribution in [1.82, 2.24) is 14.7 Å². The van der Waals surface area contributed by atoms with Gasteiger partial charge in [-0.2, -0.15) is 0 Å². The quantitative estimate of drug-likeness (QED) is 0.742. The molecule has 0 saturated carbocycles.